The zero-order valence-electron chi connectivity index (χ0n) is 19.6. The first-order valence-corrected chi connectivity index (χ1v) is 11.8. The lowest BCUT2D eigenvalue weighted by Gasteiger charge is -2.23. The second-order valence-corrected chi connectivity index (χ2v) is 8.63. The highest BCUT2D eigenvalue weighted by Gasteiger charge is 2.31. The molecule has 2 aromatic heterocycles. The fourth-order valence-electron chi connectivity index (χ4n) is 4.01. The quantitative estimate of drug-likeness (QED) is 0.394. The number of fused-ring (bicyclic) bond motifs is 1. The lowest BCUT2D eigenvalue weighted by Crippen LogP contribution is -2.40. The van der Waals surface area contributed by atoms with Crippen molar-refractivity contribution < 1.29 is 23.8 Å². The minimum atomic E-state index is -0.417. The summed E-state index contributed by atoms with van der Waals surface area (Å²) in [5.41, 5.74) is 2.35. The molecule has 4 aromatic rings. The summed E-state index contributed by atoms with van der Waals surface area (Å²) in [4.78, 5) is 33.9. The molecule has 1 aliphatic heterocycles. The summed E-state index contributed by atoms with van der Waals surface area (Å²) in [5.74, 6) is 0.336. The molecule has 5 rings (SSSR count). The van der Waals surface area contributed by atoms with Crippen LogP contribution in [-0.2, 0) is 17.9 Å². The molecule has 0 radical (unpaired) electrons. The summed E-state index contributed by atoms with van der Waals surface area (Å²) < 4.78 is 11.1. The minimum absolute atomic E-state index is 0.0882. The molecule has 0 saturated heterocycles. The van der Waals surface area contributed by atoms with Crippen LogP contribution >= 0.6 is 11.6 Å². The van der Waals surface area contributed by atoms with E-state index in [2.05, 4.69) is 15.2 Å². The van der Waals surface area contributed by atoms with E-state index in [1.54, 1.807) is 47.6 Å². The third-order valence-corrected chi connectivity index (χ3v) is 6.10. The molecule has 2 aromatic carbocycles. The molecule has 0 fully saturated rings. The van der Waals surface area contributed by atoms with Gasteiger partial charge in [0, 0.05) is 30.2 Å². The maximum absolute atomic E-state index is 13.6. The Morgan fingerprint density at radius 2 is 1.89 bits per heavy atom. The van der Waals surface area contributed by atoms with E-state index >= 15 is 0 Å². The standard InChI is InChI=1S/C26H22ClN5O5/c27-21-13-19(36-12-11-33)5-6-20(21)26(35)32-16-24(34)31(14-18-3-1-2-4-22(18)32)15-23-29-30-25(37-23)17-7-9-28-10-8-17/h1-10,13,33H,11-12,14-16H2. The minimum Gasteiger partial charge on any atom is -0.491 e. The lowest BCUT2D eigenvalue weighted by atomic mass is 10.1. The van der Waals surface area contributed by atoms with E-state index in [9.17, 15) is 9.59 Å². The number of hydrogen-bond donors (Lipinski definition) is 1. The van der Waals surface area contributed by atoms with Crippen LogP contribution < -0.4 is 9.64 Å². The van der Waals surface area contributed by atoms with Crippen molar-refractivity contribution in [2.24, 2.45) is 0 Å². The van der Waals surface area contributed by atoms with Crippen molar-refractivity contribution in [2.45, 2.75) is 13.1 Å². The topological polar surface area (TPSA) is 122 Å². The van der Waals surface area contributed by atoms with Crippen molar-refractivity contribution >= 4 is 29.1 Å². The molecule has 3 heterocycles. The smallest absolute Gasteiger partial charge is 0.260 e. The largest absolute Gasteiger partial charge is 0.491 e. The SMILES string of the molecule is O=C1CN(C(=O)c2ccc(OCCO)cc2Cl)c2ccccc2CN1Cc1nnc(-c2ccncc2)o1. The molecule has 1 aliphatic rings. The Morgan fingerprint density at radius 1 is 1.08 bits per heavy atom. The highest BCUT2D eigenvalue weighted by molar-refractivity contribution is 6.34. The average Bonchev–Trinajstić information content (AvgIpc) is 3.34. The monoisotopic (exact) mass is 519 g/mol. The van der Waals surface area contributed by atoms with Crippen LogP contribution in [0.1, 0.15) is 21.8 Å². The van der Waals surface area contributed by atoms with Gasteiger partial charge in [-0.3, -0.25) is 19.5 Å². The number of amides is 2. The number of ether oxygens (including phenoxy) is 1. The summed E-state index contributed by atoms with van der Waals surface area (Å²) in [6.45, 7) is 0.117. The molecule has 0 saturated carbocycles. The number of aliphatic hydroxyl groups excluding tert-OH is 1. The first kappa shape index (κ1) is 24.4. The van der Waals surface area contributed by atoms with Crippen LogP contribution in [0.25, 0.3) is 11.5 Å². The van der Waals surface area contributed by atoms with Crippen molar-refractivity contribution in [3.05, 3.63) is 89.0 Å². The zero-order valence-corrected chi connectivity index (χ0v) is 20.3. The number of carbonyl (C=O) groups is 2. The maximum atomic E-state index is 13.6. The van der Waals surface area contributed by atoms with Gasteiger partial charge in [0.1, 0.15) is 18.9 Å². The van der Waals surface area contributed by atoms with Gasteiger partial charge >= 0.3 is 0 Å². The van der Waals surface area contributed by atoms with E-state index in [4.69, 9.17) is 25.9 Å². The van der Waals surface area contributed by atoms with E-state index in [0.29, 0.717) is 17.3 Å². The van der Waals surface area contributed by atoms with Gasteiger partial charge in [0.15, 0.2) is 0 Å². The number of para-hydroxylation sites is 1. The van der Waals surface area contributed by atoms with E-state index in [1.807, 2.05) is 18.2 Å². The lowest BCUT2D eigenvalue weighted by molar-refractivity contribution is -0.131. The fraction of sp³-hybridized carbons (Fsp3) is 0.192. The molecule has 188 valence electrons. The van der Waals surface area contributed by atoms with Crippen LogP contribution in [0.5, 0.6) is 5.75 Å². The molecule has 1 N–H and O–H groups in total. The number of carbonyl (C=O) groups excluding carboxylic acids is 2. The summed E-state index contributed by atoms with van der Waals surface area (Å²) in [6.07, 6.45) is 3.25. The number of aliphatic hydroxyl groups is 1. The molecular formula is C26H22ClN5O5. The Balaban J connectivity index is 1.39. The Kier molecular flexibility index (Phi) is 7.11. The Hall–Kier alpha value is -4.28. The molecule has 10 nitrogen and oxygen atoms in total. The van der Waals surface area contributed by atoms with Gasteiger partial charge in [-0.2, -0.15) is 0 Å². The summed E-state index contributed by atoms with van der Waals surface area (Å²) in [6, 6.07) is 15.5. The predicted octanol–water partition coefficient (Wildman–Crippen LogP) is 3.35. The average molecular weight is 520 g/mol. The first-order valence-electron chi connectivity index (χ1n) is 11.5. The number of aromatic nitrogens is 3. The Labute approximate surface area is 217 Å². The number of benzene rings is 2. The van der Waals surface area contributed by atoms with Crippen molar-refractivity contribution in [3.8, 4) is 17.2 Å². The van der Waals surface area contributed by atoms with Crippen LogP contribution in [0.15, 0.2) is 71.4 Å². The van der Waals surface area contributed by atoms with Gasteiger partial charge < -0.3 is 19.2 Å². The normalized spacial score (nSPS) is 13.3. The summed E-state index contributed by atoms with van der Waals surface area (Å²) in [7, 11) is 0. The van der Waals surface area contributed by atoms with Crippen molar-refractivity contribution in [2.75, 3.05) is 24.7 Å². The van der Waals surface area contributed by atoms with Crippen LogP contribution in [0, 0.1) is 0 Å². The van der Waals surface area contributed by atoms with Gasteiger partial charge in [0.2, 0.25) is 17.7 Å². The van der Waals surface area contributed by atoms with Crippen molar-refractivity contribution in [1.29, 1.82) is 0 Å². The van der Waals surface area contributed by atoms with Gasteiger partial charge in [-0.1, -0.05) is 29.8 Å². The second-order valence-electron chi connectivity index (χ2n) is 8.22. The third-order valence-electron chi connectivity index (χ3n) is 5.79. The predicted molar refractivity (Wildman–Crippen MR) is 134 cm³/mol. The molecule has 0 unspecified atom stereocenters. The van der Waals surface area contributed by atoms with E-state index in [0.717, 1.165) is 11.1 Å². The van der Waals surface area contributed by atoms with Crippen LogP contribution in [0.3, 0.4) is 0 Å². The third kappa shape index (κ3) is 5.30. The zero-order chi connectivity index (χ0) is 25.8. The van der Waals surface area contributed by atoms with E-state index < -0.39 is 5.91 Å². The Morgan fingerprint density at radius 3 is 2.68 bits per heavy atom. The Bertz CT molecular complexity index is 1430. The van der Waals surface area contributed by atoms with Gasteiger partial charge in [0.25, 0.3) is 5.91 Å². The molecule has 0 spiro atoms. The summed E-state index contributed by atoms with van der Waals surface area (Å²) >= 11 is 6.40. The van der Waals surface area contributed by atoms with Crippen molar-refractivity contribution in [3.63, 3.8) is 0 Å². The van der Waals surface area contributed by atoms with Gasteiger partial charge in [-0.15, -0.1) is 10.2 Å². The molecule has 0 bridgehead atoms. The van der Waals surface area contributed by atoms with Crippen LogP contribution in [0.4, 0.5) is 5.69 Å². The first-order chi connectivity index (χ1) is 18.0. The van der Waals surface area contributed by atoms with Gasteiger partial charge in [-0.25, -0.2) is 0 Å². The molecule has 37 heavy (non-hydrogen) atoms. The van der Waals surface area contributed by atoms with Crippen LogP contribution in [-0.4, -0.2) is 56.8 Å². The van der Waals surface area contributed by atoms with Gasteiger partial charge in [-0.05, 0) is 42.0 Å². The van der Waals surface area contributed by atoms with E-state index in [1.165, 1.54) is 11.0 Å². The number of hydrogen-bond acceptors (Lipinski definition) is 8. The second kappa shape index (κ2) is 10.8. The molecule has 11 heteroatoms. The number of anilines is 1. The summed E-state index contributed by atoms with van der Waals surface area (Å²) in [5, 5.41) is 17.3. The van der Waals surface area contributed by atoms with Gasteiger partial charge in [0.05, 0.1) is 23.7 Å². The van der Waals surface area contributed by atoms with Crippen LogP contribution in [0.2, 0.25) is 5.02 Å². The van der Waals surface area contributed by atoms with Crippen molar-refractivity contribution in [1.82, 2.24) is 20.1 Å². The number of nitrogens with zero attached hydrogens (tertiary/aromatic N) is 5. The molecule has 0 atom stereocenters. The number of pyridine rings is 1. The van der Waals surface area contributed by atoms with E-state index in [-0.39, 0.29) is 55.2 Å². The highest BCUT2D eigenvalue weighted by Crippen LogP contribution is 2.30. The number of rotatable bonds is 7. The maximum Gasteiger partial charge on any atom is 0.260 e. The highest BCUT2D eigenvalue weighted by atomic mass is 35.5. The number of halogens is 1. The fourth-order valence-corrected chi connectivity index (χ4v) is 4.26. The molecule has 2 amide bonds. The molecule has 0 aliphatic carbocycles. The molecular weight excluding hydrogens is 498 g/mol.